The van der Waals surface area contributed by atoms with E-state index in [1.54, 1.807) is 30.8 Å². The maximum atomic E-state index is 11.6. The van der Waals surface area contributed by atoms with Crippen molar-refractivity contribution in [2.75, 3.05) is 17.3 Å². The van der Waals surface area contributed by atoms with E-state index in [0.717, 1.165) is 0 Å². The second kappa shape index (κ2) is 6.61. The van der Waals surface area contributed by atoms with Crippen molar-refractivity contribution in [3.63, 3.8) is 0 Å². The molecule has 10 nitrogen and oxygen atoms in total. The number of carbonyl (C=O) groups is 1. The minimum Gasteiger partial charge on any atom is -0.464 e. The minimum atomic E-state index is -0.603. The molecule has 4 N–H and O–H groups in total. The fraction of sp³-hybridized carbons (Fsp3) is 0.364. The topological polar surface area (TPSA) is 133 Å². The molecule has 0 radical (unpaired) electrons. The van der Waals surface area contributed by atoms with Gasteiger partial charge in [-0.25, -0.2) is 15.6 Å². The van der Waals surface area contributed by atoms with E-state index in [2.05, 4.69) is 30.7 Å². The fourth-order valence-electron chi connectivity index (χ4n) is 1.51. The van der Waals surface area contributed by atoms with Crippen LogP contribution in [0.1, 0.15) is 13.8 Å². The molecule has 112 valence electrons. The molecular weight excluding hydrogens is 276 g/mol. The summed E-state index contributed by atoms with van der Waals surface area (Å²) in [5, 5.41) is 2.84. The molecule has 0 bridgehead atoms. The number of esters is 1. The lowest BCUT2D eigenvalue weighted by atomic mass is 10.3. The zero-order valence-electron chi connectivity index (χ0n) is 11.6. The van der Waals surface area contributed by atoms with Crippen LogP contribution >= 0.6 is 0 Å². The number of hydrazine groups is 1. The lowest BCUT2D eigenvalue weighted by Crippen LogP contribution is -2.29. The predicted octanol–water partition coefficient (Wildman–Crippen LogP) is -0.294. The second-order valence-electron chi connectivity index (χ2n) is 4.01. The Bertz CT molecular complexity index is 600. The molecule has 10 heteroatoms. The summed E-state index contributed by atoms with van der Waals surface area (Å²) in [6, 6.07) is -0.603. The van der Waals surface area contributed by atoms with Crippen LogP contribution in [0.4, 0.5) is 11.9 Å². The predicted molar refractivity (Wildman–Crippen MR) is 74.5 cm³/mol. The van der Waals surface area contributed by atoms with Gasteiger partial charge in [-0.3, -0.25) is 9.99 Å². The van der Waals surface area contributed by atoms with Crippen LogP contribution in [0.3, 0.4) is 0 Å². The Balaban J connectivity index is 2.23. The van der Waals surface area contributed by atoms with Gasteiger partial charge in [-0.2, -0.15) is 15.0 Å². The Kier molecular flexibility index (Phi) is 4.61. The third-order valence-corrected chi connectivity index (χ3v) is 2.47. The molecule has 21 heavy (non-hydrogen) atoms. The van der Waals surface area contributed by atoms with Gasteiger partial charge in [0.05, 0.1) is 6.61 Å². The first-order valence-electron chi connectivity index (χ1n) is 6.28. The Labute approximate surface area is 120 Å². The van der Waals surface area contributed by atoms with Gasteiger partial charge in [0.1, 0.15) is 12.4 Å². The quantitative estimate of drug-likeness (QED) is 0.373. The highest BCUT2D eigenvalue weighted by molar-refractivity contribution is 5.78. The molecule has 2 aromatic heterocycles. The number of nitrogens with two attached hydrogens (primary N) is 1. The van der Waals surface area contributed by atoms with Crippen molar-refractivity contribution in [1.29, 1.82) is 0 Å². The van der Waals surface area contributed by atoms with Crippen LogP contribution in [0.15, 0.2) is 18.7 Å². The van der Waals surface area contributed by atoms with Gasteiger partial charge in [0.2, 0.25) is 17.8 Å². The summed E-state index contributed by atoms with van der Waals surface area (Å²) in [6.07, 6.45) is 4.80. The molecule has 0 aliphatic rings. The minimum absolute atomic E-state index is 0.159. The Hall–Kier alpha value is -2.75. The van der Waals surface area contributed by atoms with E-state index in [9.17, 15) is 4.79 Å². The first kappa shape index (κ1) is 14.7. The smallest absolute Gasteiger partial charge is 0.328 e. The van der Waals surface area contributed by atoms with Crippen LogP contribution in [0.5, 0.6) is 0 Å². The molecule has 0 saturated carbocycles. The number of nitrogens with zero attached hydrogens (tertiary/aromatic N) is 5. The van der Waals surface area contributed by atoms with Gasteiger partial charge in [-0.15, -0.1) is 0 Å². The van der Waals surface area contributed by atoms with Gasteiger partial charge >= 0.3 is 5.97 Å². The van der Waals surface area contributed by atoms with E-state index < -0.39 is 12.0 Å². The van der Waals surface area contributed by atoms with Gasteiger partial charge < -0.3 is 10.1 Å². The van der Waals surface area contributed by atoms with Crippen LogP contribution in [0.25, 0.3) is 5.95 Å². The summed E-state index contributed by atoms with van der Waals surface area (Å²) >= 11 is 0. The van der Waals surface area contributed by atoms with E-state index in [1.165, 1.54) is 6.33 Å². The maximum Gasteiger partial charge on any atom is 0.328 e. The van der Waals surface area contributed by atoms with E-state index in [0.29, 0.717) is 12.6 Å². The number of hydrogen-bond acceptors (Lipinski definition) is 9. The molecule has 0 spiro atoms. The van der Waals surface area contributed by atoms with Crippen molar-refractivity contribution < 1.29 is 9.53 Å². The van der Waals surface area contributed by atoms with Crippen LogP contribution in [0.2, 0.25) is 0 Å². The van der Waals surface area contributed by atoms with E-state index in [4.69, 9.17) is 10.6 Å². The van der Waals surface area contributed by atoms with Crippen molar-refractivity contribution >= 4 is 17.9 Å². The van der Waals surface area contributed by atoms with Crippen molar-refractivity contribution in [1.82, 2.24) is 24.5 Å². The van der Waals surface area contributed by atoms with E-state index >= 15 is 0 Å². The highest BCUT2D eigenvalue weighted by Crippen LogP contribution is 2.09. The zero-order chi connectivity index (χ0) is 15.2. The standard InChI is InChI=1S/C11H16N8O2/c1-3-21-8(20)7(2)14-9-15-10(18-12)17-11(16-9)19-5-4-13-6-19/h4-7H,3,12H2,1-2H3,(H2,14,15,16,17,18). The Morgan fingerprint density at radius 2 is 2.19 bits per heavy atom. The van der Waals surface area contributed by atoms with E-state index in [-0.39, 0.29) is 11.9 Å². The van der Waals surface area contributed by atoms with Crippen molar-refractivity contribution in [3.05, 3.63) is 18.7 Å². The number of imidazole rings is 1. The number of ether oxygens (including phenoxy) is 1. The summed E-state index contributed by atoms with van der Waals surface area (Å²) < 4.78 is 6.49. The molecule has 2 rings (SSSR count). The van der Waals surface area contributed by atoms with Crippen LogP contribution in [-0.4, -0.2) is 43.1 Å². The van der Waals surface area contributed by atoms with Crippen molar-refractivity contribution in [2.45, 2.75) is 19.9 Å². The van der Waals surface area contributed by atoms with Crippen LogP contribution in [0, 0.1) is 0 Å². The molecular formula is C11H16N8O2. The molecule has 2 aromatic rings. The molecule has 0 amide bonds. The van der Waals surface area contributed by atoms with Crippen LogP contribution < -0.4 is 16.6 Å². The van der Waals surface area contributed by atoms with Crippen molar-refractivity contribution in [2.24, 2.45) is 5.84 Å². The lowest BCUT2D eigenvalue weighted by molar-refractivity contribution is -0.143. The largest absolute Gasteiger partial charge is 0.464 e. The maximum absolute atomic E-state index is 11.6. The molecule has 2 heterocycles. The third-order valence-electron chi connectivity index (χ3n) is 2.47. The monoisotopic (exact) mass is 292 g/mol. The first-order valence-corrected chi connectivity index (χ1v) is 6.28. The van der Waals surface area contributed by atoms with Crippen LogP contribution in [-0.2, 0) is 9.53 Å². The van der Waals surface area contributed by atoms with Crippen molar-refractivity contribution in [3.8, 4) is 5.95 Å². The van der Waals surface area contributed by atoms with Gasteiger partial charge in [0.25, 0.3) is 0 Å². The molecule has 1 atom stereocenters. The fourth-order valence-corrected chi connectivity index (χ4v) is 1.51. The zero-order valence-corrected chi connectivity index (χ0v) is 11.6. The number of nitrogens with one attached hydrogen (secondary N) is 2. The number of carbonyl (C=O) groups excluding carboxylic acids is 1. The highest BCUT2D eigenvalue weighted by atomic mass is 16.5. The lowest BCUT2D eigenvalue weighted by Gasteiger charge is -2.13. The second-order valence-corrected chi connectivity index (χ2v) is 4.01. The molecule has 1 unspecified atom stereocenters. The molecule has 0 aromatic carbocycles. The average molecular weight is 292 g/mol. The summed E-state index contributed by atoms with van der Waals surface area (Å²) in [5.41, 5.74) is 2.35. The first-order chi connectivity index (χ1) is 10.1. The number of nitrogen functional groups attached to an aromatic ring is 1. The highest BCUT2D eigenvalue weighted by Gasteiger charge is 2.16. The van der Waals surface area contributed by atoms with E-state index in [1.807, 2.05) is 0 Å². The van der Waals surface area contributed by atoms with Gasteiger partial charge in [0.15, 0.2) is 0 Å². The summed E-state index contributed by atoms with van der Waals surface area (Å²) in [5.74, 6) is 5.60. The summed E-state index contributed by atoms with van der Waals surface area (Å²) in [4.78, 5) is 27.8. The number of aromatic nitrogens is 5. The molecule has 0 saturated heterocycles. The number of hydrogen-bond donors (Lipinski definition) is 3. The molecule has 0 aliphatic carbocycles. The Morgan fingerprint density at radius 1 is 1.43 bits per heavy atom. The molecule has 0 fully saturated rings. The van der Waals surface area contributed by atoms with Gasteiger partial charge in [-0.1, -0.05) is 0 Å². The number of rotatable bonds is 6. The van der Waals surface area contributed by atoms with Gasteiger partial charge in [0, 0.05) is 12.4 Å². The third kappa shape index (κ3) is 3.63. The van der Waals surface area contributed by atoms with Gasteiger partial charge in [-0.05, 0) is 13.8 Å². The number of anilines is 2. The SMILES string of the molecule is CCOC(=O)C(C)Nc1nc(NN)nc(-n2ccnc2)n1. The average Bonchev–Trinajstić information content (AvgIpc) is 3.01. The Morgan fingerprint density at radius 3 is 2.81 bits per heavy atom. The molecule has 0 aliphatic heterocycles. The summed E-state index contributed by atoms with van der Waals surface area (Å²) in [7, 11) is 0. The summed E-state index contributed by atoms with van der Waals surface area (Å²) in [6.45, 7) is 3.69. The normalized spacial score (nSPS) is 11.8.